The first-order chi connectivity index (χ1) is 4.88. The van der Waals surface area contributed by atoms with Crippen molar-refractivity contribution in [3.05, 3.63) is 17.6 Å². The van der Waals surface area contributed by atoms with Crippen molar-refractivity contribution < 1.29 is 0 Å². The maximum absolute atomic E-state index is 5.58. The van der Waals surface area contributed by atoms with E-state index in [0.29, 0.717) is 5.82 Å². The molecular weight excluding hydrogens is 128 g/mol. The van der Waals surface area contributed by atoms with Crippen molar-refractivity contribution in [3.8, 4) is 0 Å². The smallest absolute Gasteiger partial charge is 0.131 e. The summed E-state index contributed by atoms with van der Waals surface area (Å²) in [5.41, 5.74) is 7.67. The van der Waals surface area contributed by atoms with Gasteiger partial charge in [-0.25, -0.2) is 9.97 Å². The highest BCUT2D eigenvalue weighted by atomic mass is 15.0. The summed E-state index contributed by atoms with van der Waals surface area (Å²) in [5, 5.41) is 3.15. The lowest BCUT2D eigenvalue weighted by Gasteiger charge is -1.97. The normalized spacial score (nSPS) is 15.2. The summed E-state index contributed by atoms with van der Waals surface area (Å²) in [4.78, 5) is 7.94. The largest absolute Gasteiger partial charge is 0.383 e. The number of hydrogen-bond donors (Lipinski definition) is 2. The van der Waals surface area contributed by atoms with Crippen molar-refractivity contribution in [1.82, 2.24) is 15.3 Å². The van der Waals surface area contributed by atoms with Gasteiger partial charge >= 0.3 is 0 Å². The first kappa shape index (κ1) is 5.61. The molecule has 3 N–H and O–H groups in total. The summed E-state index contributed by atoms with van der Waals surface area (Å²) in [7, 11) is 0. The van der Waals surface area contributed by atoms with Crippen LogP contribution in [0.1, 0.15) is 11.3 Å². The van der Waals surface area contributed by atoms with Gasteiger partial charge in [0.1, 0.15) is 12.1 Å². The van der Waals surface area contributed by atoms with Crippen LogP contribution in [0.2, 0.25) is 0 Å². The first-order valence-electron chi connectivity index (χ1n) is 3.17. The summed E-state index contributed by atoms with van der Waals surface area (Å²) < 4.78 is 0. The SMILES string of the molecule is Nc1ncnc2c1CNC2. The van der Waals surface area contributed by atoms with Gasteiger partial charge < -0.3 is 11.1 Å². The average molecular weight is 136 g/mol. The molecule has 10 heavy (non-hydrogen) atoms. The van der Waals surface area contributed by atoms with Crippen LogP contribution < -0.4 is 11.1 Å². The second kappa shape index (κ2) is 1.91. The van der Waals surface area contributed by atoms with Crippen LogP contribution in [-0.4, -0.2) is 9.97 Å². The van der Waals surface area contributed by atoms with Crippen LogP contribution in [0.5, 0.6) is 0 Å². The monoisotopic (exact) mass is 136 g/mol. The quantitative estimate of drug-likeness (QED) is 0.512. The zero-order valence-corrected chi connectivity index (χ0v) is 5.46. The maximum Gasteiger partial charge on any atom is 0.131 e. The van der Waals surface area contributed by atoms with E-state index in [-0.39, 0.29) is 0 Å². The topological polar surface area (TPSA) is 63.8 Å². The van der Waals surface area contributed by atoms with E-state index in [9.17, 15) is 0 Å². The second-order valence-electron chi connectivity index (χ2n) is 2.29. The van der Waals surface area contributed by atoms with Crippen LogP contribution >= 0.6 is 0 Å². The third-order valence-electron chi connectivity index (χ3n) is 1.66. The number of fused-ring (bicyclic) bond motifs is 1. The van der Waals surface area contributed by atoms with Gasteiger partial charge in [0.05, 0.1) is 5.69 Å². The van der Waals surface area contributed by atoms with Crippen molar-refractivity contribution in [3.63, 3.8) is 0 Å². The fraction of sp³-hybridized carbons (Fsp3) is 0.333. The second-order valence-corrected chi connectivity index (χ2v) is 2.29. The van der Waals surface area contributed by atoms with Gasteiger partial charge in [0.15, 0.2) is 0 Å². The number of hydrogen-bond acceptors (Lipinski definition) is 4. The van der Waals surface area contributed by atoms with Gasteiger partial charge in [-0.1, -0.05) is 0 Å². The first-order valence-corrected chi connectivity index (χ1v) is 3.17. The lowest BCUT2D eigenvalue weighted by molar-refractivity contribution is 0.758. The van der Waals surface area contributed by atoms with Gasteiger partial charge in [0.25, 0.3) is 0 Å². The van der Waals surface area contributed by atoms with Crippen LogP contribution in [0.15, 0.2) is 6.33 Å². The summed E-state index contributed by atoms with van der Waals surface area (Å²) in [5.74, 6) is 0.606. The van der Waals surface area contributed by atoms with E-state index in [1.165, 1.54) is 6.33 Å². The fourth-order valence-electron chi connectivity index (χ4n) is 1.12. The molecule has 0 aromatic carbocycles. The Bertz CT molecular complexity index is 258. The Kier molecular flexibility index (Phi) is 1.07. The molecule has 0 bridgehead atoms. The third-order valence-corrected chi connectivity index (χ3v) is 1.66. The molecule has 0 radical (unpaired) electrons. The Labute approximate surface area is 58.5 Å². The minimum absolute atomic E-state index is 0.606. The van der Waals surface area contributed by atoms with E-state index in [2.05, 4.69) is 15.3 Å². The molecule has 1 aliphatic rings. The van der Waals surface area contributed by atoms with Crippen molar-refractivity contribution >= 4 is 5.82 Å². The fourth-order valence-corrected chi connectivity index (χ4v) is 1.12. The predicted octanol–water partition coefficient (Wildman–Crippen LogP) is -0.338. The average Bonchev–Trinajstić information content (AvgIpc) is 2.36. The summed E-state index contributed by atoms with van der Waals surface area (Å²) in [6.45, 7) is 1.63. The Balaban J connectivity index is 2.59. The molecule has 0 atom stereocenters. The molecule has 52 valence electrons. The van der Waals surface area contributed by atoms with Crippen LogP contribution in [0.3, 0.4) is 0 Å². The van der Waals surface area contributed by atoms with Gasteiger partial charge in [-0.2, -0.15) is 0 Å². The Morgan fingerprint density at radius 3 is 3.10 bits per heavy atom. The lowest BCUT2D eigenvalue weighted by atomic mass is 10.2. The lowest BCUT2D eigenvalue weighted by Crippen LogP contribution is -2.01. The minimum Gasteiger partial charge on any atom is -0.383 e. The molecule has 0 amide bonds. The molecule has 4 nitrogen and oxygen atoms in total. The van der Waals surface area contributed by atoms with Crippen molar-refractivity contribution in [2.24, 2.45) is 0 Å². The maximum atomic E-state index is 5.58. The molecule has 2 rings (SSSR count). The molecule has 0 saturated heterocycles. The number of rotatable bonds is 0. The highest BCUT2D eigenvalue weighted by Gasteiger charge is 2.13. The van der Waals surface area contributed by atoms with Crippen molar-refractivity contribution in [1.29, 1.82) is 0 Å². The number of nitrogen functional groups attached to an aromatic ring is 1. The number of nitrogens with zero attached hydrogens (tertiary/aromatic N) is 2. The highest BCUT2D eigenvalue weighted by Crippen LogP contribution is 2.15. The molecule has 1 aromatic heterocycles. The Morgan fingerprint density at radius 2 is 2.30 bits per heavy atom. The van der Waals surface area contributed by atoms with Crippen LogP contribution in [0, 0.1) is 0 Å². The van der Waals surface area contributed by atoms with E-state index in [0.717, 1.165) is 24.3 Å². The van der Waals surface area contributed by atoms with Crippen LogP contribution in [-0.2, 0) is 13.1 Å². The number of nitrogens with two attached hydrogens (primary N) is 1. The molecule has 0 fully saturated rings. The molecule has 0 saturated carbocycles. The molecule has 1 aromatic rings. The van der Waals surface area contributed by atoms with Gasteiger partial charge in [-0.3, -0.25) is 0 Å². The zero-order valence-electron chi connectivity index (χ0n) is 5.46. The molecule has 2 heterocycles. The van der Waals surface area contributed by atoms with E-state index in [1.807, 2.05) is 0 Å². The number of aromatic nitrogens is 2. The van der Waals surface area contributed by atoms with E-state index >= 15 is 0 Å². The minimum atomic E-state index is 0.606. The summed E-state index contributed by atoms with van der Waals surface area (Å²) in [6.07, 6.45) is 1.50. The highest BCUT2D eigenvalue weighted by molar-refractivity contribution is 5.42. The summed E-state index contributed by atoms with van der Waals surface area (Å²) >= 11 is 0. The molecule has 0 aliphatic carbocycles. The molecule has 0 unspecified atom stereocenters. The van der Waals surface area contributed by atoms with Crippen LogP contribution in [0.25, 0.3) is 0 Å². The van der Waals surface area contributed by atoms with Gasteiger partial charge in [0, 0.05) is 18.7 Å². The van der Waals surface area contributed by atoms with Gasteiger partial charge in [-0.15, -0.1) is 0 Å². The Hall–Kier alpha value is -1.16. The molecule has 0 spiro atoms. The molecule has 1 aliphatic heterocycles. The number of anilines is 1. The standard InChI is InChI=1S/C6H8N4/c7-6-4-1-8-2-5(4)9-3-10-6/h3,8H,1-2H2,(H2,7,9,10). The van der Waals surface area contributed by atoms with Gasteiger partial charge in [-0.05, 0) is 0 Å². The van der Waals surface area contributed by atoms with Crippen molar-refractivity contribution in [2.45, 2.75) is 13.1 Å². The summed E-state index contributed by atoms with van der Waals surface area (Å²) in [6, 6.07) is 0. The Morgan fingerprint density at radius 1 is 1.40 bits per heavy atom. The van der Waals surface area contributed by atoms with E-state index < -0.39 is 0 Å². The predicted molar refractivity (Wildman–Crippen MR) is 37.0 cm³/mol. The van der Waals surface area contributed by atoms with Crippen LogP contribution in [0.4, 0.5) is 5.82 Å². The number of nitrogens with one attached hydrogen (secondary N) is 1. The van der Waals surface area contributed by atoms with E-state index in [1.54, 1.807) is 0 Å². The van der Waals surface area contributed by atoms with Crippen molar-refractivity contribution in [2.75, 3.05) is 5.73 Å². The van der Waals surface area contributed by atoms with Gasteiger partial charge in [0.2, 0.25) is 0 Å². The molecular formula is C6H8N4. The third kappa shape index (κ3) is 0.657. The zero-order chi connectivity index (χ0) is 6.97. The van der Waals surface area contributed by atoms with E-state index in [4.69, 9.17) is 5.73 Å². The molecule has 4 heteroatoms.